The summed E-state index contributed by atoms with van der Waals surface area (Å²) in [6.07, 6.45) is 5.83. The average Bonchev–Trinajstić information content (AvgIpc) is 2.65. The maximum Gasteiger partial charge on any atom is 0.251 e. The van der Waals surface area contributed by atoms with Crippen LogP contribution in [0.1, 0.15) is 85.6 Å². The van der Waals surface area contributed by atoms with Gasteiger partial charge in [-0.2, -0.15) is 0 Å². The van der Waals surface area contributed by atoms with Gasteiger partial charge in [-0.25, -0.2) is 0 Å². The van der Waals surface area contributed by atoms with Crippen molar-refractivity contribution in [1.82, 2.24) is 5.32 Å². The third kappa shape index (κ3) is 4.17. The molecule has 1 aliphatic carbocycles. The molecule has 0 spiro atoms. The SMILES string of the molecule is CC[C@H](NC(=O)c1ccc(C(C)(C)C)cc1)c1ccc2c(c1)CCCC2. The Morgan fingerprint density at radius 3 is 2.27 bits per heavy atom. The van der Waals surface area contributed by atoms with Crippen molar-refractivity contribution in [3.8, 4) is 0 Å². The van der Waals surface area contributed by atoms with Crippen LogP contribution in [0.3, 0.4) is 0 Å². The summed E-state index contributed by atoms with van der Waals surface area (Å²) < 4.78 is 0. The third-order valence-corrected chi connectivity index (χ3v) is 5.50. The molecular formula is C24H31NO. The van der Waals surface area contributed by atoms with E-state index in [1.165, 1.54) is 47.9 Å². The van der Waals surface area contributed by atoms with Crippen LogP contribution in [-0.2, 0) is 18.3 Å². The predicted molar refractivity (Wildman–Crippen MR) is 109 cm³/mol. The van der Waals surface area contributed by atoms with Gasteiger partial charge >= 0.3 is 0 Å². The van der Waals surface area contributed by atoms with E-state index in [0.29, 0.717) is 0 Å². The van der Waals surface area contributed by atoms with E-state index in [2.05, 4.69) is 63.3 Å². The smallest absolute Gasteiger partial charge is 0.251 e. The molecule has 1 amide bonds. The van der Waals surface area contributed by atoms with Crippen molar-refractivity contribution in [1.29, 1.82) is 0 Å². The zero-order chi connectivity index (χ0) is 18.7. The summed E-state index contributed by atoms with van der Waals surface area (Å²) in [5, 5.41) is 3.23. The number of rotatable bonds is 4. The van der Waals surface area contributed by atoms with Gasteiger partial charge in [0.2, 0.25) is 0 Å². The summed E-state index contributed by atoms with van der Waals surface area (Å²) in [6, 6.07) is 14.8. The highest BCUT2D eigenvalue weighted by Crippen LogP contribution is 2.27. The first-order valence-corrected chi connectivity index (χ1v) is 9.91. The largest absolute Gasteiger partial charge is 0.345 e. The first-order chi connectivity index (χ1) is 12.4. The molecule has 0 radical (unpaired) electrons. The zero-order valence-electron chi connectivity index (χ0n) is 16.6. The molecule has 2 aromatic rings. The van der Waals surface area contributed by atoms with Gasteiger partial charge in [-0.3, -0.25) is 4.79 Å². The normalized spacial score (nSPS) is 15.2. The van der Waals surface area contributed by atoms with Gasteiger partial charge < -0.3 is 5.32 Å². The number of amides is 1. The second-order valence-electron chi connectivity index (χ2n) is 8.50. The Balaban J connectivity index is 1.74. The van der Waals surface area contributed by atoms with Crippen LogP contribution in [0.15, 0.2) is 42.5 Å². The van der Waals surface area contributed by atoms with Crippen LogP contribution in [0.4, 0.5) is 0 Å². The lowest BCUT2D eigenvalue weighted by molar-refractivity contribution is 0.0935. The van der Waals surface area contributed by atoms with Gasteiger partial charge in [0, 0.05) is 5.56 Å². The first-order valence-electron chi connectivity index (χ1n) is 9.91. The molecule has 0 aromatic heterocycles. The molecule has 138 valence electrons. The molecule has 2 heteroatoms. The highest BCUT2D eigenvalue weighted by Gasteiger charge is 2.18. The molecule has 0 unspecified atom stereocenters. The lowest BCUT2D eigenvalue weighted by atomic mass is 9.86. The molecule has 0 saturated carbocycles. The molecule has 1 atom stereocenters. The van der Waals surface area contributed by atoms with E-state index in [1.807, 2.05) is 12.1 Å². The van der Waals surface area contributed by atoms with E-state index in [1.54, 1.807) is 0 Å². The van der Waals surface area contributed by atoms with Gasteiger partial charge in [-0.15, -0.1) is 0 Å². The second-order valence-corrected chi connectivity index (χ2v) is 8.50. The van der Waals surface area contributed by atoms with Crippen LogP contribution in [0.2, 0.25) is 0 Å². The number of hydrogen-bond acceptors (Lipinski definition) is 1. The Morgan fingerprint density at radius 1 is 1.00 bits per heavy atom. The standard InChI is InChI=1S/C24H31NO/c1-5-22(20-11-10-17-8-6-7-9-19(17)16-20)25-23(26)18-12-14-21(15-13-18)24(2,3)4/h10-16,22H,5-9H2,1-4H3,(H,25,26)/t22-/m0/s1. The second kappa shape index (κ2) is 7.65. The van der Waals surface area contributed by atoms with Crippen LogP contribution >= 0.6 is 0 Å². The Bertz CT molecular complexity index is 768. The van der Waals surface area contributed by atoms with Crippen molar-refractivity contribution < 1.29 is 4.79 Å². The minimum absolute atomic E-state index is 0.00929. The summed E-state index contributed by atoms with van der Waals surface area (Å²) in [5.41, 5.74) is 6.26. The van der Waals surface area contributed by atoms with E-state index in [0.717, 1.165) is 12.0 Å². The molecular weight excluding hydrogens is 318 g/mol. The van der Waals surface area contributed by atoms with Crippen molar-refractivity contribution in [2.24, 2.45) is 0 Å². The summed E-state index contributed by atoms with van der Waals surface area (Å²) >= 11 is 0. The highest BCUT2D eigenvalue weighted by molar-refractivity contribution is 5.94. The average molecular weight is 350 g/mol. The minimum Gasteiger partial charge on any atom is -0.345 e. The summed E-state index contributed by atoms with van der Waals surface area (Å²) in [4.78, 5) is 12.7. The summed E-state index contributed by atoms with van der Waals surface area (Å²) in [5.74, 6) is 0.00929. The number of hydrogen-bond donors (Lipinski definition) is 1. The van der Waals surface area contributed by atoms with E-state index in [9.17, 15) is 4.79 Å². The topological polar surface area (TPSA) is 29.1 Å². The van der Waals surface area contributed by atoms with Crippen LogP contribution in [0, 0.1) is 0 Å². The van der Waals surface area contributed by atoms with Gasteiger partial charge in [-0.1, -0.05) is 58.0 Å². The van der Waals surface area contributed by atoms with Gasteiger partial charge in [-0.05, 0) is 71.9 Å². The number of benzene rings is 2. The van der Waals surface area contributed by atoms with Crippen molar-refractivity contribution in [2.75, 3.05) is 0 Å². The number of carbonyl (C=O) groups is 1. The maximum absolute atomic E-state index is 12.7. The van der Waals surface area contributed by atoms with Gasteiger partial charge in [0.05, 0.1) is 6.04 Å². The molecule has 1 N–H and O–H groups in total. The number of fused-ring (bicyclic) bond motifs is 1. The monoisotopic (exact) mass is 349 g/mol. The molecule has 0 bridgehead atoms. The molecule has 0 aliphatic heterocycles. The molecule has 2 aromatic carbocycles. The molecule has 0 saturated heterocycles. The van der Waals surface area contributed by atoms with Gasteiger partial charge in [0.1, 0.15) is 0 Å². The maximum atomic E-state index is 12.7. The quantitative estimate of drug-likeness (QED) is 0.749. The molecule has 1 aliphatic rings. The van der Waals surface area contributed by atoms with Crippen molar-refractivity contribution in [3.63, 3.8) is 0 Å². The van der Waals surface area contributed by atoms with Crippen molar-refractivity contribution in [3.05, 3.63) is 70.3 Å². The fourth-order valence-corrected chi connectivity index (χ4v) is 3.75. The Morgan fingerprint density at radius 2 is 1.65 bits per heavy atom. The number of carbonyl (C=O) groups excluding carboxylic acids is 1. The Hall–Kier alpha value is -2.09. The van der Waals surface area contributed by atoms with Gasteiger partial charge in [0.15, 0.2) is 0 Å². The zero-order valence-corrected chi connectivity index (χ0v) is 16.6. The van der Waals surface area contributed by atoms with Crippen LogP contribution in [0.5, 0.6) is 0 Å². The molecule has 3 rings (SSSR count). The van der Waals surface area contributed by atoms with Gasteiger partial charge in [0.25, 0.3) is 5.91 Å². The molecule has 2 nitrogen and oxygen atoms in total. The van der Waals surface area contributed by atoms with E-state index < -0.39 is 0 Å². The van der Waals surface area contributed by atoms with E-state index >= 15 is 0 Å². The number of aryl methyl sites for hydroxylation is 2. The molecule has 26 heavy (non-hydrogen) atoms. The predicted octanol–water partition coefficient (Wildman–Crippen LogP) is 5.74. The number of nitrogens with one attached hydrogen (secondary N) is 1. The van der Waals surface area contributed by atoms with E-state index in [4.69, 9.17) is 0 Å². The highest BCUT2D eigenvalue weighted by atomic mass is 16.1. The summed E-state index contributed by atoms with van der Waals surface area (Å²) in [7, 11) is 0. The molecule has 0 heterocycles. The van der Waals surface area contributed by atoms with Crippen molar-refractivity contribution in [2.45, 2.75) is 71.3 Å². The fourth-order valence-electron chi connectivity index (χ4n) is 3.75. The van der Waals surface area contributed by atoms with Crippen LogP contribution in [0.25, 0.3) is 0 Å². The summed E-state index contributed by atoms with van der Waals surface area (Å²) in [6.45, 7) is 8.69. The first kappa shape index (κ1) is 18.7. The Labute approximate surface area is 158 Å². The lowest BCUT2D eigenvalue weighted by Crippen LogP contribution is -2.28. The fraction of sp³-hybridized carbons (Fsp3) is 0.458. The third-order valence-electron chi connectivity index (χ3n) is 5.50. The van der Waals surface area contributed by atoms with E-state index in [-0.39, 0.29) is 17.4 Å². The minimum atomic E-state index is 0.00929. The van der Waals surface area contributed by atoms with Crippen molar-refractivity contribution >= 4 is 5.91 Å². The van der Waals surface area contributed by atoms with Crippen LogP contribution < -0.4 is 5.32 Å². The lowest BCUT2D eigenvalue weighted by Gasteiger charge is -2.22. The van der Waals surface area contributed by atoms with Crippen LogP contribution in [-0.4, -0.2) is 5.91 Å². The Kier molecular flexibility index (Phi) is 5.50. The molecule has 0 fully saturated rings.